The summed E-state index contributed by atoms with van der Waals surface area (Å²) in [5.41, 5.74) is 4.82. The van der Waals surface area contributed by atoms with E-state index in [4.69, 9.17) is 4.98 Å². The molecular formula is C23H23N3O2S2. The van der Waals surface area contributed by atoms with Gasteiger partial charge in [-0.15, -0.1) is 11.8 Å². The quantitative estimate of drug-likeness (QED) is 0.468. The molecule has 1 N–H and O–H groups in total. The standard InChI is InChI=1S/C23H23N3O2S2/c1-15-10-16(2)12-18(11-15)26-22(28)21-19(8-9-29-21)25-23(26)30-14-20(27)24-13-17-6-4-3-5-7-17/h3-7,10-12H,8-9,13-14H2,1-2H3,(H,24,27). The molecule has 0 bridgehead atoms. The van der Waals surface area contributed by atoms with E-state index in [0.717, 1.165) is 45.1 Å². The lowest BCUT2D eigenvalue weighted by Gasteiger charge is -2.15. The van der Waals surface area contributed by atoms with Gasteiger partial charge in [-0.1, -0.05) is 48.2 Å². The molecule has 1 amide bonds. The molecule has 154 valence electrons. The fraction of sp³-hybridized carbons (Fsp3) is 0.261. The number of hydrogen-bond acceptors (Lipinski definition) is 5. The summed E-state index contributed by atoms with van der Waals surface area (Å²) in [5, 5.41) is 3.51. The highest BCUT2D eigenvalue weighted by molar-refractivity contribution is 8.00. The molecule has 0 aliphatic carbocycles. The van der Waals surface area contributed by atoms with E-state index < -0.39 is 0 Å². The summed E-state index contributed by atoms with van der Waals surface area (Å²) >= 11 is 2.87. The zero-order valence-electron chi connectivity index (χ0n) is 17.0. The molecule has 2 heterocycles. The Morgan fingerprint density at radius 1 is 1.17 bits per heavy atom. The van der Waals surface area contributed by atoms with Gasteiger partial charge in [0.25, 0.3) is 5.56 Å². The molecule has 0 saturated heterocycles. The van der Waals surface area contributed by atoms with E-state index in [1.54, 1.807) is 16.3 Å². The summed E-state index contributed by atoms with van der Waals surface area (Å²) in [6, 6.07) is 15.9. The van der Waals surface area contributed by atoms with Crippen molar-refractivity contribution in [1.29, 1.82) is 0 Å². The Balaban J connectivity index is 1.58. The Kier molecular flexibility index (Phi) is 6.29. The minimum Gasteiger partial charge on any atom is -0.351 e. The summed E-state index contributed by atoms with van der Waals surface area (Å²) in [6.45, 7) is 4.51. The highest BCUT2D eigenvalue weighted by atomic mass is 32.2. The summed E-state index contributed by atoms with van der Waals surface area (Å²) < 4.78 is 1.66. The Morgan fingerprint density at radius 2 is 1.90 bits per heavy atom. The maximum atomic E-state index is 13.2. The molecule has 4 rings (SSSR count). The van der Waals surface area contributed by atoms with E-state index in [1.807, 2.05) is 56.3 Å². The number of carbonyl (C=O) groups is 1. The van der Waals surface area contributed by atoms with E-state index in [0.29, 0.717) is 11.7 Å². The van der Waals surface area contributed by atoms with E-state index in [9.17, 15) is 9.59 Å². The van der Waals surface area contributed by atoms with Crippen molar-refractivity contribution in [3.63, 3.8) is 0 Å². The van der Waals surface area contributed by atoms with Gasteiger partial charge in [-0.3, -0.25) is 14.2 Å². The molecule has 1 aliphatic heterocycles. The van der Waals surface area contributed by atoms with Crippen LogP contribution in [0.15, 0.2) is 63.4 Å². The second-order valence-electron chi connectivity index (χ2n) is 7.31. The minimum atomic E-state index is -0.0834. The zero-order valence-corrected chi connectivity index (χ0v) is 18.6. The van der Waals surface area contributed by atoms with Gasteiger partial charge >= 0.3 is 0 Å². The zero-order chi connectivity index (χ0) is 21.1. The van der Waals surface area contributed by atoms with Crippen LogP contribution < -0.4 is 10.9 Å². The molecule has 0 fully saturated rings. The molecule has 5 nitrogen and oxygen atoms in total. The normalized spacial score (nSPS) is 12.6. The number of rotatable bonds is 6. The van der Waals surface area contributed by atoms with Crippen LogP contribution in [0.3, 0.4) is 0 Å². The van der Waals surface area contributed by atoms with Gasteiger partial charge in [0.2, 0.25) is 5.91 Å². The average Bonchev–Trinajstić information content (AvgIpc) is 3.20. The van der Waals surface area contributed by atoms with Gasteiger partial charge in [0.1, 0.15) is 0 Å². The maximum absolute atomic E-state index is 13.2. The van der Waals surface area contributed by atoms with Crippen LogP contribution >= 0.6 is 23.5 Å². The van der Waals surface area contributed by atoms with E-state index in [-0.39, 0.29) is 17.2 Å². The first-order chi connectivity index (χ1) is 14.5. The first kappa shape index (κ1) is 20.8. The van der Waals surface area contributed by atoms with Gasteiger partial charge in [0.05, 0.1) is 22.0 Å². The summed E-state index contributed by atoms with van der Waals surface area (Å²) in [6.07, 6.45) is 0.788. The van der Waals surface area contributed by atoms with Crippen LogP contribution in [0.25, 0.3) is 5.69 Å². The van der Waals surface area contributed by atoms with Gasteiger partial charge in [0, 0.05) is 18.7 Å². The lowest BCUT2D eigenvalue weighted by molar-refractivity contribution is -0.118. The van der Waals surface area contributed by atoms with E-state index >= 15 is 0 Å². The number of benzene rings is 2. The van der Waals surface area contributed by atoms with Crippen molar-refractivity contribution in [3.8, 4) is 5.69 Å². The topological polar surface area (TPSA) is 64.0 Å². The summed E-state index contributed by atoms with van der Waals surface area (Å²) in [7, 11) is 0. The average molecular weight is 438 g/mol. The molecule has 0 radical (unpaired) electrons. The van der Waals surface area contributed by atoms with Gasteiger partial charge in [0.15, 0.2) is 5.16 Å². The predicted octanol–water partition coefficient (Wildman–Crippen LogP) is 3.91. The second-order valence-corrected chi connectivity index (χ2v) is 9.35. The first-order valence-corrected chi connectivity index (χ1v) is 11.8. The number of nitrogens with one attached hydrogen (secondary N) is 1. The smallest absolute Gasteiger partial charge is 0.272 e. The third-order valence-corrected chi connectivity index (χ3v) is 6.84. The first-order valence-electron chi connectivity index (χ1n) is 9.82. The fourth-order valence-electron chi connectivity index (χ4n) is 3.47. The molecule has 0 unspecified atom stereocenters. The van der Waals surface area contributed by atoms with Crippen molar-refractivity contribution in [2.24, 2.45) is 0 Å². The highest BCUT2D eigenvalue weighted by Gasteiger charge is 2.23. The van der Waals surface area contributed by atoms with Crippen molar-refractivity contribution >= 4 is 29.4 Å². The van der Waals surface area contributed by atoms with Crippen LogP contribution in [0.2, 0.25) is 0 Å². The molecular weight excluding hydrogens is 414 g/mol. The van der Waals surface area contributed by atoms with E-state index in [2.05, 4.69) is 11.4 Å². The predicted molar refractivity (Wildman–Crippen MR) is 123 cm³/mol. The molecule has 1 aromatic heterocycles. The molecule has 2 aromatic carbocycles. The van der Waals surface area contributed by atoms with Crippen molar-refractivity contribution in [2.45, 2.75) is 36.9 Å². The number of thioether (sulfide) groups is 2. The molecule has 1 aliphatic rings. The van der Waals surface area contributed by atoms with Crippen molar-refractivity contribution < 1.29 is 4.79 Å². The van der Waals surface area contributed by atoms with Gasteiger partial charge in [-0.2, -0.15) is 0 Å². The number of aromatic nitrogens is 2. The third kappa shape index (κ3) is 4.63. The number of carbonyl (C=O) groups excluding carboxylic acids is 1. The third-order valence-electron chi connectivity index (χ3n) is 4.80. The van der Waals surface area contributed by atoms with Crippen molar-refractivity contribution in [1.82, 2.24) is 14.9 Å². The van der Waals surface area contributed by atoms with Crippen molar-refractivity contribution in [2.75, 3.05) is 11.5 Å². The Bertz CT molecular complexity index is 1120. The highest BCUT2D eigenvalue weighted by Crippen LogP contribution is 2.30. The maximum Gasteiger partial charge on any atom is 0.272 e. The molecule has 0 saturated carbocycles. The Morgan fingerprint density at radius 3 is 2.63 bits per heavy atom. The molecule has 0 spiro atoms. The lowest BCUT2D eigenvalue weighted by atomic mass is 10.1. The van der Waals surface area contributed by atoms with E-state index in [1.165, 1.54) is 11.8 Å². The van der Waals surface area contributed by atoms with Gasteiger partial charge in [-0.25, -0.2) is 4.98 Å². The van der Waals surface area contributed by atoms with Crippen LogP contribution in [0, 0.1) is 13.8 Å². The van der Waals surface area contributed by atoms with Crippen LogP contribution in [0.5, 0.6) is 0 Å². The molecule has 3 aromatic rings. The Hall–Kier alpha value is -2.51. The number of nitrogens with zero attached hydrogens (tertiary/aromatic N) is 2. The van der Waals surface area contributed by atoms with Crippen LogP contribution in [-0.2, 0) is 17.8 Å². The van der Waals surface area contributed by atoms with Gasteiger partial charge < -0.3 is 5.32 Å². The number of hydrogen-bond donors (Lipinski definition) is 1. The molecule has 7 heteroatoms. The SMILES string of the molecule is Cc1cc(C)cc(-n2c(SCC(=O)NCc3ccccc3)nc3c(c2=O)SCC3)c1. The second kappa shape index (κ2) is 9.10. The van der Waals surface area contributed by atoms with Crippen LogP contribution in [0.4, 0.5) is 0 Å². The number of amides is 1. The largest absolute Gasteiger partial charge is 0.351 e. The van der Waals surface area contributed by atoms with Crippen LogP contribution in [0.1, 0.15) is 22.4 Å². The van der Waals surface area contributed by atoms with Crippen LogP contribution in [-0.4, -0.2) is 27.0 Å². The minimum absolute atomic E-state index is 0.0420. The summed E-state index contributed by atoms with van der Waals surface area (Å²) in [4.78, 5) is 31.2. The molecule has 30 heavy (non-hydrogen) atoms. The van der Waals surface area contributed by atoms with Gasteiger partial charge in [-0.05, 0) is 42.7 Å². The monoisotopic (exact) mass is 437 g/mol. The number of aryl methyl sites for hydroxylation is 3. The van der Waals surface area contributed by atoms with Crippen molar-refractivity contribution in [3.05, 3.63) is 81.3 Å². The lowest BCUT2D eigenvalue weighted by Crippen LogP contribution is -2.27. The Labute approximate surface area is 184 Å². The molecule has 0 atom stereocenters. The number of fused-ring (bicyclic) bond motifs is 1. The fourth-order valence-corrected chi connectivity index (χ4v) is 5.36. The summed E-state index contributed by atoms with van der Waals surface area (Å²) in [5.74, 6) is 0.992.